The molecule has 3 atom stereocenters. The highest BCUT2D eigenvalue weighted by Crippen LogP contribution is 2.50. The summed E-state index contributed by atoms with van der Waals surface area (Å²) in [5.41, 5.74) is -1.98. The average Bonchev–Trinajstić information content (AvgIpc) is 3.05. The maximum absolute atomic E-state index is 14.7. The Balaban J connectivity index is 8.28. The molecule has 0 heterocycles. The zero-order valence-electron chi connectivity index (χ0n) is 37.3. The quantitative estimate of drug-likeness (QED) is 0.0285. The second kappa shape index (κ2) is 22.2. The van der Waals surface area contributed by atoms with Gasteiger partial charge in [-0.25, -0.2) is 4.79 Å². The summed E-state index contributed by atoms with van der Waals surface area (Å²) in [6.07, 6.45) is -14.0. The van der Waals surface area contributed by atoms with Gasteiger partial charge < -0.3 is 18.0 Å². The lowest BCUT2D eigenvalue weighted by atomic mass is 10.0. The molecule has 18 heteroatoms. The molecule has 0 bridgehead atoms. The van der Waals surface area contributed by atoms with Crippen molar-refractivity contribution in [2.75, 3.05) is 7.11 Å². The third-order valence-electron chi connectivity index (χ3n) is 12.1. The third-order valence-corrected chi connectivity index (χ3v) is 29.6. The topological polar surface area (TPSA) is 54.0 Å². The highest BCUT2D eigenvalue weighted by Gasteiger charge is 2.61. The van der Waals surface area contributed by atoms with Crippen molar-refractivity contribution in [1.82, 2.24) is 0 Å². The Morgan fingerprint density at radius 3 is 1.24 bits per heavy atom. The summed E-state index contributed by atoms with van der Waals surface area (Å²) in [6, 6.07) is -1.29. The number of alkyl halides is 10. The number of esters is 1. The van der Waals surface area contributed by atoms with Crippen LogP contribution in [0.5, 0.6) is 0 Å². The summed E-state index contributed by atoms with van der Waals surface area (Å²) in [5, 5.41) is 0. The van der Waals surface area contributed by atoms with E-state index in [1.165, 1.54) is 6.08 Å². The number of ether oxygens (including phenoxy) is 1. The molecule has 0 saturated heterocycles. The number of hydrogen-bond acceptors (Lipinski definition) is 5. The van der Waals surface area contributed by atoms with Crippen molar-refractivity contribution in [2.24, 2.45) is 0 Å². The molecule has 0 aliphatic heterocycles. The largest absolute Gasteiger partial charge is 0.466 e. The van der Waals surface area contributed by atoms with Crippen LogP contribution in [0.15, 0.2) is 24.8 Å². The number of rotatable bonds is 26. The standard InChI is InChI=1S/C40H72F10O5Si3/c1-17-18-33(53-58(30(10)11,31(12)13)32(14)15)25-35(55-57(28(6)7,29(8)9)24-22-38(43,44)40(48,49)50)34(19-20-36(51)52-16)54-56(26(2)3,27(4)5)23-21-37(41,42)39(45,46)47/h17,19-20,26-35H,1,18,21-25H2,2-16H3/b20-19+/t33-,34-,35-/m1/s1. The highest BCUT2D eigenvalue weighted by atomic mass is 28.4. The lowest BCUT2D eigenvalue weighted by Crippen LogP contribution is -2.56. The first-order valence-corrected chi connectivity index (χ1v) is 27.1. The first-order valence-electron chi connectivity index (χ1n) is 20.4. The lowest BCUT2D eigenvalue weighted by Gasteiger charge is -2.49. The summed E-state index contributed by atoms with van der Waals surface area (Å²) in [7, 11) is -9.16. The van der Waals surface area contributed by atoms with Crippen LogP contribution in [0.1, 0.15) is 123 Å². The molecule has 0 amide bonds. The summed E-state index contributed by atoms with van der Waals surface area (Å²) in [5.74, 6) is -10.9. The van der Waals surface area contributed by atoms with Gasteiger partial charge in [0.05, 0.1) is 25.4 Å². The summed E-state index contributed by atoms with van der Waals surface area (Å²) in [6.45, 7) is 29.7. The minimum atomic E-state index is -5.83. The minimum absolute atomic E-state index is 0.0632. The van der Waals surface area contributed by atoms with E-state index >= 15 is 0 Å². The van der Waals surface area contributed by atoms with Gasteiger partial charge in [-0.1, -0.05) is 103 Å². The van der Waals surface area contributed by atoms with E-state index < -0.39 is 121 Å². The Hall–Kier alpha value is -1.22. The van der Waals surface area contributed by atoms with Crippen molar-refractivity contribution in [3.05, 3.63) is 24.8 Å². The molecular weight excluding hydrogens is 835 g/mol. The van der Waals surface area contributed by atoms with Crippen molar-refractivity contribution in [1.29, 1.82) is 0 Å². The van der Waals surface area contributed by atoms with E-state index in [4.69, 9.17) is 18.0 Å². The van der Waals surface area contributed by atoms with Gasteiger partial charge in [0.15, 0.2) is 16.6 Å². The first-order chi connectivity index (χ1) is 26.1. The average molecular weight is 907 g/mol. The van der Waals surface area contributed by atoms with Crippen LogP contribution in [0, 0.1) is 0 Å². The Kier molecular flexibility index (Phi) is 21.8. The van der Waals surface area contributed by atoms with Gasteiger partial charge in [0, 0.05) is 25.3 Å². The lowest BCUT2D eigenvalue weighted by molar-refractivity contribution is -0.283. The SMILES string of the molecule is C=CC[C@H](C[C@@H](O[Si](CCC(F)(F)C(F)(F)F)(C(C)C)C(C)C)[C@@H](/C=C/C(=O)OC)O[Si](CCC(F)(F)C(F)(F)F)(C(C)C)C(C)C)O[Si](C(C)C)(C(C)C)C(C)C. The number of carbonyl (C=O) groups is 1. The van der Waals surface area contributed by atoms with Crippen molar-refractivity contribution in [2.45, 2.75) is 216 Å². The van der Waals surface area contributed by atoms with Crippen molar-refractivity contribution >= 4 is 30.9 Å². The molecule has 0 radical (unpaired) electrons. The van der Waals surface area contributed by atoms with Crippen molar-refractivity contribution < 1.29 is 66.7 Å². The third kappa shape index (κ3) is 14.2. The second-order valence-electron chi connectivity index (χ2n) is 17.9. The molecule has 0 unspecified atom stereocenters. The minimum Gasteiger partial charge on any atom is -0.466 e. The molecule has 0 aliphatic carbocycles. The molecular formula is C40H72F10O5Si3. The van der Waals surface area contributed by atoms with Crippen LogP contribution < -0.4 is 0 Å². The van der Waals surface area contributed by atoms with Gasteiger partial charge in [-0.3, -0.25) is 0 Å². The normalized spacial score (nSPS) is 16.2. The van der Waals surface area contributed by atoms with Crippen LogP contribution >= 0.6 is 0 Å². The molecule has 0 fully saturated rings. The van der Waals surface area contributed by atoms with Gasteiger partial charge in [0.25, 0.3) is 0 Å². The maximum atomic E-state index is 14.7. The van der Waals surface area contributed by atoms with E-state index in [0.29, 0.717) is 0 Å². The predicted octanol–water partition coefficient (Wildman–Crippen LogP) is 14.7. The molecule has 0 spiro atoms. The van der Waals surface area contributed by atoms with Crippen LogP contribution in [0.2, 0.25) is 50.9 Å². The van der Waals surface area contributed by atoms with Crippen LogP contribution in [0.4, 0.5) is 43.9 Å². The molecule has 0 aromatic heterocycles. The molecule has 0 saturated carbocycles. The fraction of sp³-hybridized carbons (Fsp3) is 0.875. The fourth-order valence-corrected chi connectivity index (χ4v) is 23.6. The molecule has 0 aromatic rings. The fourth-order valence-electron chi connectivity index (χ4n) is 8.74. The summed E-state index contributed by atoms with van der Waals surface area (Å²) < 4.78 is 166. The van der Waals surface area contributed by atoms with Gasteiger partial charge in [0.1, 0.15) is 0 Å². The summed E-state index contributed by atoms with van der Waals surface area (Å²) in [4.78, 5) is 12.7. The Morgan fingerprint density at radius 2 is 0.948 bits per heavy atom. The van der Waals surface area contributed by atoms with E-state index in [2.05, 4.69) is 48.1 Å². The van der Waals surface area contributed by atoms with E-state index in [0.717, 1.165) is 13.2 Å². The van der Waals surface area contributed by atoms with Gasteiger partial charge in [-0.15, -0.1) is 6.58 Å². The van der Waals surface area contributed by atoms with Crippen LogP contribution in [0.25, 0.3) is 0 Å². The predicted molar refractivity (Wildman–Crippen MR) is 219 cm³/mol. The smallest absolute Gasteiger partial charge is 0.453 e. The molecule has 0 N–H and O–H groups in total. The number of hydrogen-bond donors (Lipinski definition) is 0. The van der Waals surface area contributed by atoms with E-state index in [-0.39, 0.29) is 29.5 Å². The molecule has 5 nitrogen and oxygen atoms in total. The Bertz CT molecular complexity index is 1250. The second-order valence-corrected chi connectivity index (χ2v) is 33.2. The van der Waals surface area contributed by atoms with Crippen LogP contribution in [-0.4, -0.2) is 80.5 Å². The monoisotopic (exact) mass is 906 g/mol. The van der Waals surface area contributed by atoms with E-state index in [9.17, 15) is 48.7 Å². The van der Waals surface area contributed by atoms with E-state index in [1.807, 2.05) is 0 Å². The molecule has 344 valence electrons. The zero-order chi connectivity index (χ0) is 46.0. The van der Waals surface area contributed by atoms with E-state index in [1.54, 1.807) is 61.5 Å². The Labute approximate surface area is 344 Å². The number of halogens is 10. The number of methoxy groups -OCH3 is 1. The van der Waals surface area contributed by atoms with Gasteiger partial charge in [-0.05, 0) is 63.4 Å². The number of carbonyl (C=O) groups excluding carboxylic acids is 1. The zero-order valence-corrected chi connectivity index (χ0v) is 40.3. The van der Waals surface area contributed by atoms with Crippen LogP contribution in [0.3, 0.4) is 0 Å². The molecule has 0 aromatic carbocycles. The molecule has 58 heavy (non-hydrogen) atoms. The Morgan fingerprint density at radius 1 is 0.586 bits per heavy atom. The van der Waals surface area contributed by atoms with Gasteiger partial charge >= 0.3 is 30.2 Å². The first kappa shape index (κ1) is 56.8. The highest BCUT2D eigenvalue weighted by molar-refractivity contribution is 6.78. The molecule has 0 rings (SSSR count). The van der Waals surface area contributed by atoms with Gasteiger partial charge in [0.2, 0.25) is 8.32 Å². The van der Waals surface area contributed by atoms with Gasteiger partial charge in [-0.2, -0.15) is 43.9 Å². The summed E-state index contributed by atoms with van der Waals surface area (Å²) >= 11 is 0. The van der Waals surface area contributed by atoms with Crippen molar-refractivity contribution in [3.63, 3.8) is 0 Å². The molecule has 0 aliphatic rings. The maximum Gasteiger partial charge on any atom is 0.453 e. The van der Waals surface area contributed by atoms with Crippen LogP contribution in [-0.2, 0) is 22.8 Å². The van der Waals surface area contributed by atoms with Crippen molar-refractivity contribution in [3.8, 4) is 0 Å².